The van der Waals surface area contributed by atoms with E-state index < -0.39 is 10.8 Å². The summed E-state index contributed by atoms with van der Waals surface area (Å²) in [5.74, 6) is 0.284. The molecule has 0 heterocycles. The molecule has 8 nitrogen and oxygen atoms in total. The molecule has 0 bridgehead atoms. The maximum Gasteiger partial charge on any atom is 0.277 e. The zero-order valence-electron chi connectivity index (χ0n) is 15.3. The number of ether oxygens (including phenoxy) is 1. The van der Waals surface area contributed by atoms with Crippen molar-refractivity contribution < 1.29 is 19.6 Å². The summed E-state index contributed by atoms with van der Waals surface area (Å²) in [5, 5.41) is 24.1. The molecule has 2 N–H and O–H groups in total. The molecule has 0 aliphatic heterocycles. The van der Waals surface area contributed by atoms with Crippen molar-refractivity contribution in [3.8, 4) is 11.5 Å². The first-order valence-electron chi connectivity index (χ1n) is 8.30. The number of nitrogens with one attached hydrogen (secondary N) is 1. The summed E-state index contributed by atoms with van der Waals surface area (Å²) in [6.07, 6.45) is 1.13. The van der Waals surface area contributed by atoms with E-state index in [2.05, 4.69) is 24.4 Å². The highest BCUT2D eigenvalue weighted by Crippen LogP contribution is 2.24. The van der Waals surface area contributed by atoms with Crippen molar-refractivity contribution in [3.05, 3.63) is 63.2 Å². The van der Waals surface area contributed by atoms with E-state index in [0.29, 0.717) is 11.7 Å². The van der Waals surface area contributed by atoms with Gasteiger partial charge in [0.05, 0.1) is 11.1 Å². The molecule has 2 aromatic carbocycles. The summed E-state index contributed by atoms with van der Waals surface area (Å²) in [6, 6.07) is 9.37. The van der Waals surface area contributed by atoms with Crippen LogP contribution in [-0.4, -0.2) is 28.8 Å². The minimum atomic E-state index is -0.586. The number of benzene rings is 2. The molecular formula is C19H21N3O5. The molecule has 0 radical (unpaired) electrons. The van der Waals surface area contributed by atoms with E-state index in [0.717, 1.165) is 23.4 Å². The minimum Gasteiger partial charge on any atom is -0.507 e. The minimum absolute atomic E-state index is 0.117. The third kappa shape index (κ3) is 5.53. The van der Waals surface area contributed by atoms with Crippen molar-refractivity contribution in [1.29, 1.82) is 0 Å². The molecule has 0 fully saturated rings. The number of non-ortho nitro benzene ring substituents is 1. The summed E-state index contributed by atoms with van der Waals surface area (Å²) in [6.45, 7) is 5.79. The molecule has 2 aromatic rings. The average Bonchev–Trinajstić information content (AvgIpc) is 2.62. The van der Waals surface area contributed by atoms with Crippen LogP contribution in [0, 0.1) is 17.0 Å². The number of phenols is 1. The molecule has 0 saturated carbocycles. The normalized spacial score (nSPS) is 11.0. The lowest BCUT2D eigenvalue weighted by atomic mass is 10.0. The van der Waals surface area contributed by atoms with Gasteiger partial charge >= 0.3 is 0 Å². The van der Waals surface area contributed by atoms with E-state index in [1.165, 1.54) is 12.1 Å². The molecule has 0 unspecified atom stereocenters. The lowest BCUT2D eigenvalue weighted by molar-refractivity contribution is -0.384. The smallest absolute Gasteiger partial charge is 0.277 e. The van der Waals surface area contributed by atoms with Gasteiger partial charge in [-0.2, -0.15) is 5.10 Å². The number of nitrogens with zero attached hydrogens (tertiary/aromatic N) is 2. The summed E-state index contributed by atoms with van der Waals surface area (Å²) in [7, 11) is 0. The second-order valence-electron chi connectivity index (χ2n) is 6.26. The Morgan fingerprint density at radius 1 is 1.33 bits per heavy atom. The van der Waals surface area contributed by atoms with Gasteiger partial charge < -0.3 is 9.84 Å². The Balaban J connectivity index is 1.95. The van der Waals surface area contributed by atoms with Gasteiger partial charge in [0, 0.05) is 17.7 Å². The van der Waals surface area contributed by atoms with Crippen LogP contribution in [0.1, 0.15) is 36.5 Å². The van der Waals surface area contributed by atoms with E-state index in [1.807, 2.05) is 25.1 Å². The molecule has 27 heavy (non-hydrogen) atoms. The average molecular weight is 371 g/mol. The number of hydrogen-bond acceptors (Lipinski definition) is 6. The van der Waals surface area contributed by atoms with Gasteiger partial charge in [-0.3, -0.25) is 14.9 Å². The quantitative estimate of drug-likeness (QED) is 0.440. The zero-order valence-corrected chi connectivity index (χ0v) is 15.3. The SMILES string of the molecule is Cc1ccc(C(C)C)cc1OCC(=O)NN=Cc1cc([N+](=O)[O-])ccc1O. The zero-order chi connectivity index (χ0) is 20.0. The summed E-state index contributed by atoms with van der Waals surface area (Å²) in [4.78, 5) is 22.0. The number of hydrogen-bond donors (Lipinski definition) is 2. The lowest BCUT2D eigenvalue weighted by Crippen LogP contribution is -2.24. The van der Waals surface area contributed by atoms with Crippen molar-refractivity contribution in [2.75, 3.05) is 6.61 Å². The number of nitro groups is 1. The van der Waals surface area contributed by atoms with Gasteiger partial charge in [-0.25, -0.2) is 5.43 Å². The first-order chi connectivity index (χ1) is 12.8. The molecule has 0 aliphatic carbocycles. The van der Waals surface area contributed by atoms with E-state index in [4.69, 9.17) is 4.74 Å². The fourth-order valence-electron chi connectivity index (χ4n) is 2.24. The predicted molar refractivity (Wildman–Crippen MR) is 101 cm³/mol. The number of nitro benzene ring substituents is 1. The topological polar surface area (TPSA) is 114 Å². The second kappa shape index (κ2) is 8.79. The van der Waals surface area contributed by atoms with Crippen molar-refractivity contribution in [1.82, 2.24) is 5.43 Å². The number of aryl methyl sites for hydroxylation is 1. The van der Waals surface area contributed by atoms with Gasteiger partial charge in [-0.15, -0.1) is 0 Å². The highest BCUT2D eigenvalue weighted by Gasteiger charge is 2.10. The molecule has 2 rings (SSSR count). The van der Waals surface area contributed by atoms with Gasteiger partial charge in [0.1, 0.15) is 11.5 Å². The Morgan fingerprint density at radius 3 is 2.74 bits per heavy atom. The van der Waals surface area contributed by atoms with Crippen LogP contribution in [0.25, 0.3) is 0 Å². The Kier molecular flexibility index (Phi) is 6.48. The molecule has 0 aliphatic rings. The summed E-state index contributed by atoms with van der Waals surface area (Å²) >= 11 is 0. The monoisotopic (exact) mass is 371 g/mol. The maximum atomic E-state index is 11.9. The van der Waals surface area contributed by atoms with Crippen LogP contribution < -0.4 is 10.2 Å². The van der Waals surface area contributed by atoms with Gasteiger partial charge in [0.25, 0.3) is 11.6 Å². The number of aromatic hydroxyl groups is 1. The molecule has 0 spiro atoms. The van der Waals surface area contributed by atoms with Crippen LogP contribution in [0.15, 0.2) is 41.5 Å². The van der Waals surface area contributed by atoms with Crippen LogP contribution in [0.3, 0.4) is 0 Å². The molecule has 1 amide bonds. The van der Waals surface area contributed by atoms with Crippen molar-refractivity contribution >= 4 is 17.8 Å². The standard InChI is InChI=1S/C19H21N3O5/c1-12(2)14-5-4-13(3)18(9-14)27-11-19(24)21-20-10-15-8-16(22(25)26)6-7-17(15)23/h4-10,12,23H,11H2,1-3H3,(H,21,24). The van der Waals surface area contributed by atoms with Crippen molar-refractivity contribution in [3.63, 3.8) is 0 Å². The third-order valence-electron chi connectivity index (χ3n) is 3.85. The molecule has 0 aromatic heterocycles. The highest BCUT2D eigenvalue weighted by molar-refractivity contribution is 5.86. The number of carbonyl (C=O) groups is 1. The number of hydrazone groups is 1. The van der Waals surface area contributed by atoms with E-state index in [1.54, 1.807) is 0 Å². The second-order valence-corrected chi connectivity index (χ2v) is 6.26. The summed E-state index contributed by atoms with van der Waals surface area (Å²) < 4.78 is 5.54. The maximum absolute atomic E-state index is 11.9. The first kappa shape index (κ1) is 19.9. The van der Waals surface area contributed by atoms with Crippen molar-refractivity contribution in [2.45, 2.75) is 26.7 Å². The van der Waals surface area contributed by atoms with Crippen molar-refractivity contribution in [2.24, 2.45) is 5.10 Å². The van der Waals surface area contributed by atoms with Crippen LogP contribution in [0.4, 0.5) is 5.69 Å². The molecule has 0 atom stereocenters. The van der Waals surface area contributed by atoms with E-state index in [-0.39, 0.29) is 23.6 Å². The first-order valence-corrected chi connectivity index (χ1v) is 8.30. The Bertz CT molecular complexity index is 878. The fourth-order valence-corrected chi connectivity index (χ4v) is 2.24. The molecule has 8 heteroatoms. The van der Waals surface area contributed by atoms with Gasteiger partial charge in [-0.1, -0.05) is 26.0 Å². The largest absolute Gasteiger partial charge is 0.507 e. The fraction of sp³-hybridized carbons (Fsp3) is 0.263. The molecule has 142 valence electrons. The number of carbonyl (C=O) groups excluding carboxylic acids is 1. The Labute approximate surface area is 156 Å². The highest BCUT2D eigenvalue weighted by atomic mass is 16.6. The van der Waals surface area contributed by atoms with Crippen LogP contribution in [-0.2, 0) is 4.79 Å². The van der Waals surface area contributed by atoms with E-state index >= 15 is 0 Å². The molecular weight excluding hydrogens is 350 g/mol. The summed E-state index contributed by atoms with van der Waals surface area (Å²) in [5.41, 5.74) is 4.21. The Morgan fingerprint density at radius 2 is 2.07 bits per heavy atom. The van der Waals surface area contributed by atoms with E-state index in [9.17, 15) is 20.0 Å². The Hall–Kier alpha value is -3.42. The number of phenolic OH excluding ortho intramolecular Hbond substituents is 1. The predicted octanol–water partition coefficient (Wildman–Crippen LogP) is 3.26. The van der Waals surface area contributed by atoms with Gasteiger partial charge in [-0.05, 0) is 36.1 Å². The van der Waals surface area contributed by atoms with Crippen LogP contribution in [0.5, 0.6) is 11.5 Å². The lowest BCUT2D eigenvalue weighted by Gasteiger charge is -2.12. The van der Waals surface area contributed by atoms with Gasteiger partial charge in [0.15, 0.2) is 6.61 Å². The van der Waals surface area contributed by atoms with Gasteiger partial charge in [0.2, 0.25) is 0 Å². The number of amides is 1. The third-order valence-corrected chi connectivity index (χ3v) is 3.85. The van der Waals surface area contributed by atoms with Crippen LogP contribution >= 0.6 is 0 Å². The van der Waals surface area contributed by atoms with Crippen LogP contribution in [0.2, 0.25) is 0 Å². The number of rotatable bonds is 7. The molecule has 0 saturated heterocycles.